The molecule has 10 rings (SSSR count). The highest BCUT2D eigenvalue weighted by molar-refractivity contribution is 6.20. The zero-order valence-electron chi connectivity index (χ0n) is 29.3. The molecule has 0 unspecified atom stereocenters. The zero-order chi connectivity index (χ0) is 33.9. The Morgan fingerprint density at radius 1 is 0.500 bits per heavy atom. The minimum Gasteiger partial charge on any atom is -0.455 e. The van der Waals surface area contributed by atoms with Gasteiger partial charge in [0.1, 0.15) is 11.2 Å². The fraction of sp³-hybridized carbons (Fsp3) is 0.167. The molecule has 2 aliphatic rings. The quantitative estimate of drug-likeness (QED) is 0.189. The number of nitrogens with zero attached hydrogens (tertiary/aromatic N) is 1. The minimum atomic E-state index is -0.113. The Morgan fingerprint density at radius 3 is 1.64 bits per heavy atom. The first kappa shape index (κ1) is 29.3. The van der Waals surface area contributed by atoms with Crippen molar-refractivity contribution >= 4 is 49.8 Å². The van der Waals surface area contributed by atoms with Crippen LogP contribution < -0.4 is 4.90 Å². The summed E-state index contributed by atoms with van der Waals surface area (Å²) in [7, 11) is 0. The first-order valence-corrected chi connectivity index (χ1v) is 17.9. The van der Waals surface area contributed by atoms with Gasteiger partial charge in [-0.1, -0.05) is 132 Å². The van der Waals surface area contributed by atoms with E-state index in [4.69, 9.17) is 4.42 Å². The fourth-order valence-corrected chi connectivity index (χ4v) is 9.27. The lowest BCUT2D eigenvalue weighted by Crippen LogP contribution is -2.18. The molecule has 8 aromatic rings. The Balaban J connectivity index is 1.29. The van der Waals surface area contributed by atoms with Gasteiger partial charge in [0.25, 0.3) is 0 Å². The van der Waals surface area contributed by atoms with Crippen LogP contribution in [0.25, 0.3) is 55.0 Å². The molecule has 0 saturated carbocycles. The first-order valence-electron chi connectivity index (χ1n) is 17.9. The molecular weight excluding hydrogens is 607 g/mol. The van der Waals surface area contributed by atoms with Crippen LogP contribution in [0.2, 0.25) is 0 Å². The molecule has 0 N–H and O–H groups in total. The first-order chi connectivity index (χ1) is 24.3. The van der Waals surface area contributed by atoms with E-state index in [1.54, 1.807) is 0 Å². The fourth-order valence-electron chi connectivity index (χ4n) is 9.27. The molecule has 0 spiro atoms. The van der Waals surface area contributed by atoms with Crippen molar-refractivity contribution in [1.29, 1.82) is 0 Å². The van der Waals surface area contributed by atoms with Crippen molar-refractivity contribution in [1.82, 2.24) is 0 Å². The number of furan rings is 1. The van der Waals surface area contributed by atoms with Gasteiger partial charge >= 0.3 is 0 Å². The van der Waals surface area contributed by atoms with E-state index in [0.29, 0.717) is 0 Å². The van der Waals surface area contributed by atoms with Crippen molar-refractivity contribution in [3.63, 3.8) is 0 Å². The molecule has 0 radical (unpaired) electrons. The van der Waals surface area contributed by atoms with E-state index in [1.165, 1.54) is 66.2 Å². The van der Waals surface area contributed by atoms with Crippen molar-refractivity contribution in [3.05, 3.63) is 161 Å². The lowest BCUT2D eigenvalue weighted by atomic mass is 9.82. The van der Waals surface area contributed by atoms with Crippen LogP contribution in [0.15, 0.2) is 138 Å². The van der Waals surface area contributed by atoms with E-state index in [-0.39, 0.29) is 10.8 Å². The van der Waals surface area contributed by atoms with Crippen LogP contribution in [0, 0.1) is 0 Å². The number of benzene rings is 7. The normalized spacial score (nSPS) is 14.9. The second-order valence-electron chi connectivity index (χ2n) is 15.2. The maximum atomic E-state index is 6.68. The molecule has 1 heterocycles. The monoisotopic (exact) mass is 645 g/mol. The molecule has 0 aliphatic heterocycles. The highest BCUT2D eigenvalue weighted by Crippen LogP contribution is 2.54. The lowest BCUT2D eigenvalue weighted by Gasteiger charge is -2.30. The van der Waals surface area contributed by atoms with Gasteiger partial charge < -0.3 is 9.32 Å². The van der Waals surface area contributed by atoms with Crippen molar-refractivity contribution in [2.24, 2.45) is 0 Å². The third-order valence-corrected chi connectivity index (χ3v) is 11.8. The molecule has 1 aromatic heterocycles. The Kier molecular flexibility index (Phi) is 5.99. The van der Waals surface area contributed by atoms with Crippen LogP contribution in [0.4, 0.5) is 17.1 Å². The topological polar surface area (TPSA) is 16.4 Å². The van der Waals surface area contributed by atoms with Crippen LogP contribution in [-0.2, 0) is 17.3 Å². The maximum Gasteiger partial charge on any atom is 0.143 e. The number of hydrogen-bond acceptors (Lipinski definition) is 2. The van der Waals surface area contributed by atoms with Gasteiger partial charge in [-0.05, 0) is 92.9 Å². The molecule has 2 nitrogen and oxygen atoms in total. The van der Waals surface area contributed by atoms with Gasteiger partial charge in [0.15, 0.2) is 0 Å². The molecule has 2 heteroatoms. The summed E-state index contributed by atoms with van der Waals surface area (Å²) in [6.07, 6.45) is 0.943. The SMILES string of the molecule is CCc1cccc2oc3c4ccccc4c(N(c4ccc5c(c4)C(C)(C)c4ccccc4-5)c4ccc5c(c4)C(C)(C)c4ccccc4-5)cc3c12. The molecule has 50 heavy (non-hydrogen) atoms. The Hall–Kier alpha value is -5.60. The number of aryl methyl sites for hydroxylation is 1. The van der Waals surface area contributed by atoms with E-state index in [2.05, 4.69) is 173 Å². The van der Waals surface area contributed by atoms with Crippen molar-refractivity contribution in [2.75, 3.05) is 4.90 Å². The zero-order valence-corrected chi connectivity index (χ0v) is 29.3. The third kappa shape index (κ3) is 3.85. The largest absolute Gasteiger partial charge is 0.455 e. The highest BCUT2D eigenvalue weighted by atomic mass is 16.3. The summed E-state index contributed by atoms with van der Waals surface area (Å²) in [6, 6.07) is 49.7. The molecule has 0 atom stereocenters. The van der Waals surface area contributed by atoms with E-state index in [9.17, 15) is 0 Å². The van der Waals surface area contributed by atoms with Crippen molar-refractivity contribution in [2.45, 2.75) is 51.9 Å². The molecule has 7 aromatic carbocycles. The summed E-state index contributed by atoms with van der Waals surface area (Å²) >= 11 is 0. The van der Waals surface area contributed by atoms with Crippen LogP contribution in [-0.4, -0.2) is 0 Å². The Morgan fingerprint density at radius 2 is 1.04 bits per heavy atom. The molecule has 0 fully saturated rings. The second-order valence-corrected chi connectivity index (χ2v) is 15.2. The summed E-state index contributed by atoms with van der Waals surface area (Å²) in [5, 5.41) is 4.68. The predicted octanol–water partition coefficient (Wildman–Crippen LogP) is 13.4. The van der Waals surface area contributed by atoms with Crippen LogP contribution in [0.5, 0.6) is 0 Å². The Bertz CT molecular complexity index is 2600. The van der Waals surface area contributed by atoms with Gasteiger partial charge in [-0.3, -0.25) is 0 Å². The van der Waals surface area contributed by atoms with Gasteiger partial charge in [0, 0.05) is 43.7 Å². The summed E-state index contributed by atoms with van der Waals surface area (Å²) in [6.45, 7) is 11.7. The van der Waals surface area contributed by atoms with Gasteiger partial charge in [0.2, 0.25) is 0 Å². The predicted molar refractivity (Wildman–Crippen MR) is 210 cm³/mol. The summed E-state index contributed by atoms with van der Waals surface area (Å²) < 4.78 is 6.68. The summed E-state index contributed by atoms with van der Waals surface area (Å²) in [5.41, 5.74) is 17.3. The lowest BCUT2D eigenvalue weighted by molar-refractivity contribution is 0.660. The maximum absolute atomic E-state index is 6.68. The van der Waals surface area contributed by atoms with Gasteiger partial charge in [0.05, 0.1) is 5.69 Å². The molecule has 0 bridgehead atoms. The molecule has 0 amide bonds. The summed E-state index contributed by atoms with van der Waals surface area (Å²) in [5.74, 6) is 0. The highest BCUT2D eigenvalue weighted by Gasteiger charge is 2.38. The summed E-state index contributed by atoms with van der Waals surface area (Å²) in [4.78, 5) is 2.51. The smallest absolute Gasteiger partial charge is 0.143 e. The van der Waals surface area contributed by atoms with Gasteiger partial charge in [-0.2, -0.15) is 0 Å². The van der Waals surface area contributed by atoms with Crippen molar-refractivity contribution in [3.8, 4) is 22.3 Å². The third-order valence-electron chi connectivity index (χ3n) is 11.8. The number of rotatable bonds is 4. The number of anilines is 3. The standard InChI is InChI=1S/C48H39NO/c1-6-29-14-13-21-44-45(29)38-28-43(36-17-7-8-18-37(36)46(38)50-44)49(30-22-24-34-32-15-9-11-19-39(32)47(2,3)41(34)26-30)31-23-25-35-33-16-10-12-20-40(33)48(4,5)42(35)27-31/h7-28H,6H2,1-5H3. The van der Waals surface area contributed by atoms with Crippen LogP contribution >= 0.6 is 0 Å². The van der Waals surface area contributed by atoms with E-state index in [1.807, 2.05) is 0 Å². The number of fused-ring (bicyclic) bond motifs is 11. The van der Waals surface area contributed by atoms with E-state index in [0.717, 1.165) is 40.0 Å². The molecular formula is C48H39NO. The Labute approximate surface area is 293 Å². The number of hydrogen-bond donors (Lipinski definition) is 0. The van der Waals surface area contributed by atoms with E-state index >= 15 is 0 Å². The van der Waals surface area contributed by atoms with Crippen molar-refractivity contribution < 1.29 is 4.42 Å². The average molecular weight is 646 g/mol. The second kappa shape index (κ2) is 10.2. The molecule has 0 saturated heterocycles. The molecule has 242 valence electrons. The van der Waals surface area contributed by atoms with Crippen LogP contribution in [0.3, 0.4) is 0 Å². The van der Waals surface area contributed by atoms with E-state index < -0.39 is 0 Å². The van der Waals surface area contributed by atoms with Gasteiger partial charge in [-0.15, -0.1) is 0 Å². The minimum absolute atomic E-state index is 0.113. The van der Waals surface area contributed by atoms with Crippen LogP contribution in [0.1, 0.15) is 62.4 Å². The molecule has 2 aliphatic carbocycles. The van der Waals surface area contributed by atoms with Gasteiger partial charge in [-0.25, -0.2) is 0 Å². The average Bonchev–Trinajstić information content (AvgIpc) is 3.72.